The van der Waals surface area contributed by atoms with Gasteiger partial charge in [0.1, 0.15) is 0 Å². The highest BCUT2D eigenvalue weighted by Crippen LogP contribution is 2.33. The maximum Gasteiger partial charge on any atom is 0.272 e. The van der Waals surface area contributed by atoms with Gasteiger partial charge in [0, 0.05) is 34.7 Å². The summed E-state index contributed by atoms with van der Waals surface area (Å²) in [7, 11) is 0. The van der Waals surface area contributed by atoms with Crippen molar-refractivity contribution in [2.45, 2.75) is 58.8 Å². The first-order valence-corrected chi connectivity index (χ1v) is 12.5. The highest BCUT2D eigenvalue weighted by atomic mass is 32.1. The molecule has 1 aliphatic carbocycles. The van der Waals surface area contributed by atoms with Crippen LogP contribution in [0.5, 0.6) is 0 Å². The van der Waals surface area contributed by atoms with E-state index in [1.54, 1.807) is 30.4 Å². The fourth-order valence-electron chi connectivity index (χ4n) is 4.44. The Labute approximate surface area is 198 Å². The summed E-state index contributed by atoms with van der Waals surface area (Å²) in [5, 5.41) is 18.3. The number of thiazole rings is 1. The van der Waals surface area contributed by atoms with Crippen LogP contribution in [0.3, 0.4) is 0 Å². The van der Waals surface area contributed by atoms with Gasteiger partial charge in [-0.2, -0.15) is 5.10 Å². The number of hydrogen-bond acceptors (Lipinski definition) is 5. The number of hydrogen-bond donors (Lipinski definition) is 0. The van der Waals surface area contributed by atoms with Gasteiger partial charge in [0.25, 0.3) is 5.69 Å². The van der Waals surface area contributed by atoms with Crippen molar-refractivity contribution in [3.63, 3.8) is 0 Å². The van der Waals surface area contributed by atoms with Crippen LogP contribution in [-0.4, -0.2) is 21.9 Å². The molecule has 2 aromatic carbocycles. The van der Waals surface area contributed by atoms with Crippen LogP contribution < -0.4 is 4.80 Å². The summed E-state index contributed by atoms with van der Waals surface area (Å²) in [5.74, 6) is 0.672. The van der Waals surface area contributed by atoms with Gasteiger partial charge >= 0.3 is 0 Å². The quantitative estimate of drug-likeness (QED) is 0.233. The average molecular weight is 463 g/mol. The van der Waals surface area contributed by atoms with Crippen LogP contribution in [0.1, 0.15) is 68.6 Å². The Hall–Kier alpha value is -3.06. The molecule has 0 spiro atoms. The molecule has 1 aliphatic rings. The number of nitrogens with zero attached hydrogens (tertiary/aromatic N) is 4. The van der Waals surface area contributed by atoms with Gasteiger partial charge in [-0.15, -0.1) is 11.3 Å². The van der Waals surface area contributed by atoms with Gasteiger partial charge in [0.15, 0.2) is 0 Å². The van der Waals surface area contributed by atoms with Crippen LogP contribution in [0.15, 0.2) is 57.9 Å². The maximum atomic E-state index is 11.4. The molecule has 0 atom stereocenters. The number of nitro benzene ring substituents is 1. The Morgan fingerprint density at radius 3 is 2.55 bits per heavy atom. The Morgan fingerprint density at radius 2 is 1.88 bits per heavy atom. The molecular weight excluding hydrogens is 432 g/mol. The zero-order valence-corrected chi connectivity index (χ0v) is 20.3. The molecule has 1 heterocycles. The van der Waals surface area contributed by atoms with E-state index in [0.717, 1.165) is 21.6 Å². The van der Waals surface area contributed by atoms with Gasteiger partial charge in [0.05, 0.1) is 16.3 Å². The van der Waals surface area contributed by atoms with E-state index in [9.17, 15) is 10.1 Å². The lowest BCUT2D eigenvalue weighted by molar-refractivity contribution is -0.385. The third-order valence-electron chi connectivity index (χ3n) is 6.34. The fourth-order valence-corrected chi connectivity index (χ4v) is 5.33. The topological polar surface area (TPSA) is 72.8 Å². The normalized spacial score (nSPS) is 15.7. The molecule has 3 aromatic rings. The van der Waals surface area contributed by atoms with Gasteiger partial charge in [-0.3, -0.25) is 15.1 Å². The van der Waals surface area contributed by atoms with E-state index in [1.165, 1.54) is 37.7 Å². The zero-order valence-electron chi connectivity index (χ0n) is 19.5. The molecule has 0 aliphatic heterocycles. The second kappa shape index (κ2) is 10.3. The summed E-state index contributed by atoms with van der Waals surface area (Å²) in [6, 6.07) is 14.1. The number of aromatic nitrogens is 1. The van der Waals surface area contributed by atoms with E-state index in [-0.39, 0.29) is 10.6 Å². The summed E-state index contributed by atoms with van der Waals surface area (Å²) in [5.41, 5.74) is 5.67. The number of aryl methyl sites for hydroxylation is 1. The van der Waals surface area contributed by atoms with Crippen molar-refractivity contribution in [1.29, 1.82) is 0 Å². The second-order valence-corrected chi connectivity index (χ2v) is 9.43. The predicted molar refractivity (Wildman–Crippen MR) is 135 cm³/mol. The van der Waals surface area contributed by atoms with E-state index in [0.29, 0.717) is 23.7 Å². The van der Waals surface area contributed by atoms with Gasteiger partial charge < -0.3 is 0 Å². The number of nitro groups is 1. The summed E-state index contributed by atoms with van der Waals surface area (Å²) in [4.78, 5) is 16.5. The minimum absolute atomic E-state index is 0.106. The Kier molecular flexibility index (Phi) is 7.18. The third-order valence-corrected chi connectivity index (χ3v) is 7.19. The molecule has 1 saturated carbocycles. The van der Waals surface area contributed by atoms with Gasteiger partial charge in [-0.25, -0.2) is 4.68 Å². The third kappa shape index (κ3) is 5.14. The molecular formula is C26H30N4O2S. The summed E-state index contributed by atoms with van der Waals surface area (Å²) >= 11 is 1.56. The maximum absolute atomic E-state index is 11.4. The van der Waals surface area contributed by atoms with Crippen LogP contribution in [0.25, 0.3) is 11.3 Å². The molecule has 1 aromatic heterocycles. The van der Waals surface area contributed by atoms with Crippen LogP contribution in [0, 0.1) is 17.0 Å². The highest BCUT2D eigenvalue weighted by molar-refractivity contribution is 7.07. The van der Waals surface area contributed by atoms with Gasteiger partial charge in [-0.05, 0) is 45.1 Å². The van der Waals surface area contributed by atoms with Gasteiger partial charge in [-0.1, -0.05) is 55.7 Å². The zero-order chi connectivity index (χ0) is 23.4. The molecule has 172 valence electrons. The standard InChI is InChI=1S/C26H30N4O2S/c1-4-27-26-29(28-19(3)23-11-10-18(2)24(16-23)30(31)32)25(17-33-26)22-14-12-21(13-15-22)20-8-6-5-7-9-20/h10-17,20H,4-9H2,1-3H3. The van der Waals surface area contributed by atoms with Crippen molar-refractivity contribution in [2.75, 3.05) is 6.54 Å². The van der Waals surface area contributed by atoms with E-state index in [1.807, 2.05) is 24.6 Å². The van der Waals surface area contributed by atoms with E-state index in [4.69, 9.17) is 5.10 Å². The van der Waals surface area contributed by atoms with Crippen molar-refractivity contribution < 1.29 is 4.92 Å². The molecule has 0 radical (unpaired) electrons. The molecule has 33 heavy (non-hydrogen) atoms. The van der Waals surface area contributed by atoms with Gasteiger partial charge in [0.2, 0.25) is 4.80 Å². The molecule has 0 bridgehead atoms. The van der Waals surface area contributed by atoms with Crippen LogP contribution in [0.4, 0.5) is 5.69 Å². The van der Waals surface area contributed by atoms with E-state index in [2.05, 4.69) is 34.6 Å². The summed E-state index contributed by atoms with van der Waals surface area (Å²) in [6.45, 7) is 6.29. The minimum Gasteiger partial charge on any atom is -0.258 e. The van der Waals surface area contributed by atoms with Crippen molar-refractivity contribution >= 4 is 22.7 Å². The Morgan fingerprint density at radius 1 is 1.15 bits per heavy atom. The van der Waals surface area contributed by atoms with Crippen molar-refractivity contribution in [3.05, 3.63) is 79.5 Å². The number of rotatable bonds is 6. The van der Waals surface area contributed by atoms with E-state index >= 15 is 0 Å². The first-order valence-electron chi connectivity index (χ1n) is 11.6. The van der Waals surface area contributed by atoms with Crippen molar-refractivity contribution in [3.8, 4) is 11.3 Å². The predicted octanol–water partition coefficient (Wildman–Crippen LogP) is 6.67. The minimum atomic E-state index is -0.346. The molecule has 1 fully saturated rings. The molecule has 7 heteroatoms. The first kappa shape index (κ1) is 23.1. The average Bonchev–Trinajstić information content (AvgIpc) is 3.22. The summed E-state index contributed by atoms with van der Waals surface area (Å²) < 4.78 is 1.87. The van der Waals surface area contributed by atoms with Crippen molar-refractivity contribution in [1.82, 2.24) is 4.68 Å². The molecule has 6 nitrogen and oxygen atoms in total. The molecule has 0 amide bonds. The molecule has 0 N–H and O–H groups in total. The lowest BCUT2D eigenvalue weighted by atomic mass is 9.84. The Balaban J connectivity index is 1.72. The largest absolute Gasteiger partial charge is 0.272 e. The molecule has 0 saturated heterocycles. The Bertz CT molecular complexity index is 1230. The van der Waals surface area contributed by atoms with Crippen LogP contribution in [0.2, 0.25) is 0 Å². The number of benzene rings is 2. The molecule has 4 rings (SSSR count). The van der Waals surface area contributed by atoms with Crippen LogP contribution >= 0.6 is 11.3 Å². The SMILES string of the molecule is CCN=c1scc(-c2ccc(C3CCCCC3)cc2)n1N=C(C)c1ccc(C)c([N+](=O)[O-])c1. The van der Waals surface area contributed by atoms with Crippen molar-refractivity contribution in [2.24, 2.45) is 10.1 Å². The van der Waals surface area contributed by atoms with E-state index < -0.39 is 0 Å². The monoisotopic (exact) mass is 462 g/mol. The smallest absolute Gasteiger partial charge is 0.258 e. The van der Waals surface area contributed by atoms with Crippen LogP contribution in [-0.2, 0) is 0 Å². The first-order chi connectivity index (χ1) is 16.0. The second-order valence-electron chi connectivity index (χ2n) is 8.59. The lowest BCUT2D eigenvalue weighted by Crippen LogP contribution is -2.14. The molecule has 0 unspecified atom stereocenters. The summed E-state index contributed by atoms with van der Waals surface area (Å²) in [6.07, 6.45) is 6.57. The lowest BCUT2D eigenvalue weighted by Gasteiger charge is -2.22. The highest BCUT2D eigenvalue weighted by Gasteiger charge is 2.17. The fraction of sp³-hybridized carbons (Fsp3) is 0.385.